The van der Waals surface area contributed by atoms with Crippen LogP contribution in [0.15, 0.2) is 23.4 Å². The molecule has 0 radical (unpaired) electrons. The second-order valence-corrected chi connectivity index (χ2v) is 5.06. The van der Waals surface area contributed by atoms with E-state index in [1.165, 1.54) is 10.7 Å². The summed E-state index contributed by atoms with van der Waals surface area (Å²) in [6.45, 7) is 0. The van der Waals surface area contributed by atoms with Crippen LogP contribution >= 0.6 is 11.6 Å². The molecule has 86 valence electrons. The van der Waals surface area contributed by atoms with Gasteiger partial charge in [-0.3, -0.25) is 0 Å². The van der Waals surface area contributed by atoms with Gasteiger partial charge in [-0.2, -0.15) is 5.10 Å². The van der Waals surface area contributed by atoms with E-state index < -0.39 is 10.0 Å². The molecule has 2 N–H and O–H groups in total. The van der Waals surface area contributed by atoms with Crippen molar-refractivity contribution in [2.24, 2.45) is 5.14 Å². The summed E-state index contributed by atoms with van der Waals surface area (Å²) in [4.78, 5) is 3.89. The van der Waals surface area contributed by atoms with Crippen LogP contribution in [0.5, 0.6) is 0 Å². The predicted molar refractivity (Wildman–Crippen MR) is 58.8 cm³/mol. The smallest absolute Gasteiger partial charge is 0.234 e. The molecule has 0 amide bonds. The first-order valence-corrected chi connectivity index (χ1v) is 6.53. The van der Waals surface area contributed by atoms with Crippen LogP contribution in [0.3, 0.4) is 0 Å². The maximum atomic E-state index is 11.2. The van der Waals surface area contributed by atoms with E-state index in [4.69, 9.17) is 16.7 Å². The number of nitrogens with zero attached hydrogens (tertiary/aromatic N) is 3. The fraction of sp³-hybridized carbons (Fsp3) is 0.250. The summed E-state index contributed by atoms with van der Waals surface area (Å²) in [5, 5.41) is 9.01. The third-order valence-electron chi connectivity index (χ3n) is 2.03. The van der Waals surface area contributed by atoms with E-state index in [2.05, 4.69) is 10.1 Å². The number of rotatable bonds is 3. The molecule has 0 aliphatic heterocycles. The second kappa shape index (κ2) is 4.00. The van der Waals surface area contributed by atoms with Crippen molar-refractivity contribution >= 4 is 27.3 Å². The maximum Gasteiger partial charge on any atom is 0.257 e. The summed E-state index contributed by atoms with van der Waals surface area (Å²) >= 11 is 5.58. The Morgan fingerprint density at radius 1 is 1.44 bits per heavy atom. The standard InChI is InChI=1S/C8H9ClN4O2S/c9-4-3-6-1-2-7-11-5-8(13(7)12-6)16(10,14)15/h1-2,5H,3-4H2,(H2,10,14,15). The molecule has 0 saturated heterocycles. The molecule has 16 heavy (non-hydrogen) atoms. The topological polar surface area (TPSA) is 90.4 Å². The number of hydrogen-bond acceptors (Lipinski definition) is 4. The molecule has 2 heterocycles. The van der Waals surface area contributed by atoms with Crippen LogP contribution in [0.25, 0.3) is 5.65 Å². The summed E-state index contributed by atoms with van der Waals surface area (Å²) < 4.78 is 23.7. The molecule has 6 nitrogen and oxygen atoms in total. The van der Waals surface area contributed by atoms with Crippen molar-refractivity contribution in [3.63, 3.8) is 0 Å². The van der Waals surface area contributed by atoms with Gasteiger partial charge in [0.2, 0.25) is 0 Å². The molecule has 2 aromatic heterocycles. The highest BCUT2D eigenvalue weighted by molar-refractivity contribution is 7.89. The maximum absolute atomic E-state index is 11.2. The summed E-state index contributed by atoms with van der Waals surface area (Å²) in [6, 6.07) is 3.42. The monoisotopic (exact) mass is 260 g/mol. The Labute approximate surface area is 97.1 Å². The minimum Gasteiger partial charge on any atom is -0.234 e. The van der Waals surface area contributed by atoms with Gasteiger partial charge in [-0.25, -0.2) is 23.1 Å². The number of halogens is 1. The lowest BCUT2D eigenvalue weighted by Crippen LogP contribution is -2.16. The van der Waals surface area contributed by atoms with Crippen LogP contribution in [0.2, 0.25) is 0 Å². The number of alkyl halides is 1. The van der Waals surface area contributed by atoms with E-state index in [1.807, 2.05) is 0 Å². The van der Waals surface area contributed by atoms with E-state index in [0.29, 0.717) is 23.6 Å². The average molecular weight is 261 g/mol. The van der Waals surface area contributed by atoms with Crippen molar-refractivity contribution in [3.05, 3.63) is 24.0 Å². The second-order valence-electron chi connectivity index (χ2n) is 3.18. The fourth-order valence-electron chi connectivity index (χ4n) is 1.31. The van der Waals surface area contributed by atoms with Crippen molar-refractivity contribution in [2.75, 3.05) is 5.88 Å². The molecule has 0 bridgehead atoms. The van der Waals surface area contributed by atoms with Crippen molar-refractivity contribution in [1.29, 1.82) is 0 Å². The van der Waals surface area contributed by atoms with Crippen LogP contribution in [0.4, 0.5) is 0 Å². The van der Waals surface area contributed by atoms with Crippen molar-refractivity contribution < 1.29 is 8.42 Å². The first-order chi connectivity index (χ1) is 7.52. The van der Waals surface area contributed by atoms with Crippen LogP contribution < -0.4 is 5.14 Å². The third kappa shape index (κ3) is 2.01. The molecule has 8 heteroatoms. The molecule has 0 fully saturated rings. The number of sulfonamides is 1. The highest BCUT2D eigenvalue weighted by Gasteiger charge is 2.15. The molecular formula is C8H9ClN4O2S. The fourth-order valence-corrected chi connectivity index (χ4v) is 2.08. The average Bonchev–Trinajstić information content (AvgIpc) is 2.60. The minimum absolute atomic E-state index is 0.126. The Balaban J connectivity index is 2.65. The van der Waals surface area contributed by atoms with Crippen molar-refractivity contribution in [3.8, 4) is 0 Å². The number of imidazole rings is 1. The van der Waals surface area contributed by atoms with Crippen molar-refractivity contribution in [2.45, 2.75) is 11.4 Å². The Bertz CT molecular complexity index is 622. The lowest BCUT2D eigenvalue weighted by atomic mass is 10.3. The Morgan fingerprint density at radius 3 is 2.81 bits per heavy atom. The van der Waals surface area contributed by atoms with Crippen LogP contribution in [-0.4, -0.2) is 28.9 Å². The van der Waals surface area contributed by atoms with Crippen LogP contribution in [0.1, 0.15) is 5.69 Å². The molecule has 0 aliphatic carbocycles. The van der Waals surface area contributed by atoms with Gasteiger partial charge < -0.3 is 0 Å². The molecule has 0 spiro atoms. The lowest BCUT2D eigenvalue weighted by Gasteiger charge is -2.00. The number of fused-ring (bicyclic) bond motifs is 1. The minimum atomic E-state index is -3.81. The lowest BCUT2D eigenvalue weighted by molar-refractivity contribution is 0.589. The summed E-state index contributed by atoms with van der Waals surface area (Å²) in [6.07, 6.45) is 1.74. The van der Waals surface area contributed by atoms with Gasteiger partial charge in [0, 0.05) is 12.3 Å². The number of hydrogen-bond donors (Lipinski definition) is 1. The Hall–Kier alpha value is -1.18. The number of nitrogens with two attached hydrogens (primary N) is 1. The molecule has 0 unspecified atom stereocenters. The highest BCUT2D eigenvalue weighted by Crippen LogP contribution is 2.10. The summed E-state index contributed by atoms with van der Waals surface area (Å²) in [5.41, 5.74) is 1.12. The van der Waals surface area contributed by atoms with Gasteiger partial charge in [0.15, 0.2) is 10.7 Å². The van der Waals surface area contributed by atoms with E-state index in [-0.39, 0.29) is 5.03 Å². The first-order valence-electron chi connectivity index (χ1n) is 4.45. The van der Waals surface area contributed by atoms with Gasteiger partial charge in [0.05, 0.1) is 11.9 Å². The van der Waals surface area contributed by atoms with Gasteiger partial charge in [0.25, 0.3) is 10.0 Å². The Kier molecular flexibility index (Phi) is 2.83. The molecule has 0 atom stereocenters. The number of aromatic nitrogens is 3. The third-order valence-corrected chi connectivity index (χ3v) is 3.08. The van der Waals surface area contributed by atoms with Gasteiger partial charge >= 0.3 is 0 Å². The zero-order valence-corrected chi connectivity index (χ0v) is 9.74. The van der Waals surface area contributed by atoms with E-state index in [1.54, 1.807) is 12.1 Å². The van der Waals surface area contributed by atoms with Gasteiger partial charge in [-0.05, 0) is 12.1 Å². The van der Waals surface area contributed by atoms with E-state index in [9.17, 15) is 8.42 Å². The van der Waals surface area contributed by atoms with Gasteiger partial charge in [-0.1, -0.05) is 0 Å². The quantitative estimate of drug-likeness (QED) is 0.796. The van der Waals surface area contributed by atoms with E-state index >= 15 is 0 Å². The normalized spacial score (nSPS) is 12.1. The number of primary sulfonamides is 1. The molecule has 0 aromatic carbocycles. The SMILES string of the molecule is NS(=O)(=O)c1cnc2ccc(CCCl)nn12. The molecule has 2 aromatic rings. The zero-order chi connectivity index (χ0) is 11.8. The first kappa shape index (κ1) is 11.3. The highest BCUT2D eigenvalue weighted by atomic mass is 35.5. The zero-order valence-electron chi connectivity index (χ0n) is 8.17. The predicted octanol–water partition coefficient (Wildman–Crippen LogP) is 0.158. The Morgan fingerprint density at radius 2 is 2.19 bits per heavy atom. The van der Waals surface area contributed by atoms with Crippen molar-refractivity contribution in [1.82, 2.24) is 14.6 Å². The molecular weight excluding hydrogens is 252 g/mol. The summed E-state index contributed by atoms with van der Waals surface area (Å²) in [7, 11) is -3.81. The van der Waals surface area contributed by atoms with Crippen LogP contribution in [0, 0.1) is 0 Å². The molecule has 0 saturated carbocycles. The molecule has 2 rings (SSSR count). The molecule has 0 aliphatic rings. The largest absolute Gasteiger partial charge is 0.257 e. The summed E-state index contributed by atoms with van der Waals surface area (Å²) in [5.74, 6) is 0.415. The van der Waals surface area contributed by atoms with Crippen LogP contribution in [-0.2, 0) is 16.4 Å². The van der Waals surface area contributed by atoms with E-state index in [0.717, 1.165) is 0 Å². The van der Waals surface area contributed by atoms with Gasteiger partial charge in [-0.15, -0.1) is 11.6 Å². The number of aryl methyl sites for hydroxylation is 1. The van der Waals surface area contributed by atoms with Gasteiger partial charge in [0.1, 0.15) is 0 Å².